The van der Waals surface area contributed by atoms with E-state index in [4.69, 9.17) is 10.6 Å². The van der Waals surface area contributed by atoms with Gasteiger partial charge in [-0.2, -0.15) is 0 Å². The minimum Gasteiger partial charge on any atom is -0.382 e. The van der Waals surface area contributed by atoms with Crippen molar-refractivity contribution >= 4 is 5.96 Å². The summed E-state index contributed by atoms with van der Waals surface area (Å²) in [6.45, 7) is 9.61. The number of ether oxygens (including phenoxy) is 1. The molecule has 0 amide bonds. The summed E-state index contributed by atoms with van der Waals surface area (Å²) in [4.78, 5) is 4.32. The first-order valence-corrected chi connectivity index (χ1v) is 6.53. The quantitative estimate of drug-likeness (QED) is 0.188. The molecule has 0 fully saturated rings. The SMILES string of the molecule is CCOCCCN=C(NN)NCCCC(C)C. The fraction of sp³-hybridized carbons (Fsp3) is 0.917. The molecule has 0 aliphatic heterocycles. The molecule has 0 radical (unpaired) electrons. The molecule has 0 spiro atoms. The number of hydrazine groups is 1. The molecule has 102 valence electrons. The van der Waals surface area contributed by atoms with E-state index in [0.29, 0.717) is 5.96 Å². The number of hydrogen-bond acceptors (Lipinski definition) is 3. The van der Waals surface area contributed by atoms with Crippen LogP contribution in [0.1, 0.15) is 40.0 Å². The molecule has 5 heteroatoms. The third kappa shape index (κ3) is 11.5. The Morgan fingerprint density at radius 2 is 2.12 bits per heavy atom. The minimum atomic E-state index is 0.672. The van der Waals surface area contributed by atoms with Crippen molar-refractivity contribution in [2.75, 3.05) is 26.3 Å². The van der Waals surface area contributed by atoms with Crippen LogP contribution < -0.4 is 16.6 Å². The van der Waals surface area contributed by atoms with E-state index in [0.717, 1.165) is 45.1 Å². The van der Waals surface area contributed by atoms with Gasteiger partial charge in [0.15, 0.2) is 0 Å². The average molecular weight is 244 g/mol. The molecule has 0 aromatic heterocycles. The number of hydrogen-bond donors (Lipinski definition) is 3. The van der Waals surface area contributed by atoms with E-state index >= 15 is 0 Å². The molecule has 0 heterocycles. The molecule has 0 saturated heterocycles. The van der Waals surface area contributed by atoms with Gasteiger partial charge in [0, 0.05) is 26.3 Å². The minimum absolute atomic E-state index is 0.672. The molecule has 0 atom stereocenters. The Labute approximate surface area is 105 Å². The van der Waals surface area contributed by atoms with Gasteiger partial charge in [-0.25, -0.2) is 5.84 Å². The predicted molar refractivity (Wildman–Crippen MR) is 72.8 cm³/mol. The van der Waals surface area contributed by atoms with Crippen LogP contribution in [0.3, 0.4) is 0 Å². The number of nitrogens with zero attached hydrogens (tertiary/aromatic N) is 1. The largest absolute Gasteiger partial charge is 0.382 e. The van der Waals surface area contributed by atoms with Gasteiger partial charge in [-0.15, -0.1) is 0 Å². The number of aliphatic imine (C=N–C) groups is 1. The molecule has 0 aliphatic rings. The van der Waals surface area contributed by atoms with Crippen molar-refractivity contribution in [2.24, 2.45) is 16.8 Å². The monoisotopic (exact) mass is 244 g/mol. The molecule has 0 rings (SSSR count). The van der Waals surface area contributed by atoms with Crippen LogP contribution in [0, 0.1) is 5.92 Å². The third-order valence-corrected chi connectivity index (χ3v) is 2.31. The topological polar surface area (TPSA) is 71.7 Å². The van der Waals surface area contributed by atoms with E-state index in [9.17, 15) is 0 Å². The second kappa shape index (κ2) is 11.7. The molecule has 0 aromatic rings. The Morgan fingerprint density at radius 3 is 2.71 bits per heavy atom. The van der Waals surface area contributed by atoms with Crippen LogP contribution >= 0.6 is 0 Å². The molecule has 0 unspecified atom stereocenters. The zero-order valence-electron chi connectivity index (χ0n) is 11.5. The lowest BCUT2D eigenvalue weighted by Gasteiger charge is -2.10. The Kier molecular flexibility index (Phi) is 11.1. The maximum Gasteiger partial charge on any atom is 0.205 e. The summed E-state index contributed by atoms with van der Waals surface area (Å²) in [6, 6.07) is 0. The second-order valence-electron chi connectivity index (χ2n) is 4.39. The molecule has 17 heavy (non-hydrogen) atoms. The van der Waals surface area contributed by atoms with Gasteiger partial charge in [0.1, 0.15) is 0 Å². The fourth-order valence-corrected chi connectivity index (χ4v) is 1.37. The first-order chi connectivity index (χ1) is 8.20. The van der Waals surface area contributed by atoms with E-state index in [-0.39, 0.29) is 0 Å². The highest BCUT2D eigenvalue weighted by Crippen LogP contribution is 2.01. The molecular formula is C12H28N4O. The van der Waals surface area contributed by atoms with E-state index in [1.165, 1.54) is 6.42 Å². The zero-order valence-corrected chi connectivity index (χ0v) is 11.5. The van der Waals surface area contributed by atoms with Crippen LogP contribution in [-0.4, -0.2) is 32.3 Å². The highest BCUT2D eigenvalue weighted by Gasteiger charge is 1.97. The molecule has 0 saturated carbocycles. The summed E-state index contributed by atoms with van der Waals surface area (Å²) in [7, 11) is 0. The summed E-state index contributed by atoms with van der Waals surface area (Å²) in [5.74, 6) is 6.80. The van der Waals surface area contributed by atoms with Crippen LogP contribution in [0.2, 0.25) is 0 Å². The standard InChI is InChI=1S/C12H28N4O/c1-4-17-10-6-9-15-12(16-13)14-8-5-7-11(2)3/h11H,4-10,13H2,1-3H3,(H2,14,15,16). The van der Waals surface area contributed by atoms with Gasteiger partial charge in [-0.05, 0) is 32.1 Å². The van der Waals surface area contributed by atoms with Crippen molar-refractivity contribution in [3.63, 3.8) is 0 Å². The number of rotatable bonds is 9. The average Bonchev–Trinajstić information content (AvgIpc) is 2.31. The van der Waals surface area contributed by atoms with Crippen LogP contribution in [0.25, 0.3) is 0 Å². The van der Waals surface area contributed by atoms with E-state index < -0.39 is 0 Å². The first-order valence-electron chi connectivity index (χ1n) is 6.53. The Hall–Kier alpha value is -0.810. The molecule has 4 N–H and O–H groups in total. The van der Waals surface area contributed by atoms with E-state index in [1.54, 1.807) is 0 Å². The van der Waals surface area contributed by atoms with Crippen molar-refractivity contribution < 1.29 is 4.74 Å². The molecule has 0 aliphatic carbocycles. The highest BCUT2D eigenvalue weighted by molar-refractivity contribution is 5.79. The van der Waals surface area contributed by atoms with Gasteiger partial charge in [-0.1, -0.05) is 13.8 Å². The van der Waals surface area contributed by atoms with Gasteiger partial charge in [0.25, 0.3) is 0 Å². The van der Waals surface area contributed by atoms with Crippen LogP contribution in [0.4, 0.5) is 0 Å². The lowest BCUT2D eigenvalue weighted by Crippen LogP contribution is -2.42. The molecule has 0 bridgehead atoms. The van der Waals surface area contributed by atoms with Crippen LogP contribution in [0.5, 0.6) is 0 Å². The summed E-state index contributed by atoms with van der Waals surface area (Å²) < 4.78 is 5.23. The lowest BCUT2D eigenvalue weighted by atomic mass is 10.1. The van der Waals surface area contributed by atoms with Crippen molar-refractivity contribution in [1.82, 2.24) is 10.7 Å². The van der Waals surface area contributed by atoms with Crippen LogP contribution in [0.15, 0.2) is 4.99 Å². The van der Waals surface area contributed by atoms with Gasteiger partial charge in [0.05, 0.1) is 0 Å². The Bertz CT molecular complexity index is 195. The molecule has 0 aromatic carbocycles. The van der Waals surface area contributed by atoms with Crippen molar-refractivity contribution in [3.8, 4) is 0 Å². The maximum absolute atomic E-state index is 5.38. The van der Waals surface area contributed by atoms with Gasteiger partial charge >= 0.3 is 0 Å². The van der Waals surface area contributed by atoms with Gasteiger partial charge < -0.3 is 10.1 Å². The van der Waals surface area contributed by atoms with Crippen LogP contribution in [-0.2, 0) is 4.74 Å². The molecule has 5 nitrogen and oxygen atoms in total. The smallest absolute Gasteiger partial charge is 0.205 e. The number of nitrogens with one attached hydrogen (secondary N) is 2. The first kappa shape index (κ1) is 16.2. The maximum atomic E-state index is 5.38. The fourth-order valence-electron chi connectivity index (χ4n) is 1.37. The second-order valence-corrected chi connectivity index (χ2v) is 4.39. The lowest BCUT2D eigenvalue weighted by molar-refractivity contribution is 0.146. The molecular weight excluding hydrogens is 216 g/mol. The highest BCUT2D eigenvalue weighted by atomic mass is 16.5. The predicted octanol–water partition coefficient (Wildman–Crippen LogP) is 1.26. The summed E-state index contributed by atoms with van der Waals surface area (Å²) in [5, 5.41) is 3.19. The van der Waals surface area contributed by atoms with Gasteiger partial charge in [0.2, 0.25) is 5.96 Å². The Balaban J connectivity index is 3.56. The Morgan fingerprint density at radius 1 is 1.35 bits per heavy atom. The van der Waals surface area contributed by atoms with E-state index in [1.807, 2.05) is 6.92 Å². The van der Waals surface area contributed by atoms with Gasteiger partial charge in [-0.3, -0.25) is 10.4 Å². The van der Waals surface area contributed by atoms with E-state index in [2.05, 4.69) is 29.6 Å². The van der Waals surface area contributed by atoms with Crippen molar-refractivity contribution in [3.05, 3.63) is 0 Å². The van der Waals surface area contributed by atoms with Crippen molar-refractivity contribution in [2.45, 2.75) is 40.0 Å². The summed E-state index contributed by atoms with van der Waals surface area (Å²) in [6.07, 6.45) is 3.28. The summed E-state index contributed by atoms with van der Waals surface area (Å²) >= 11 is 0. The number of guanidine groups is 1. The normalized spacial score (nSPS) is 11.9. The van der Waals surface area contributed by atoms with Crippen molar-refractivity contribution in [1.29, 1.82) is 0 Å². The zero-order chi connectivity index (χ0) is 12.9. The number of nitrogens with two attached hydrogens (primary N) is 1. The summed E-state index contributed by atoms with van der Waals surface area (Å²) in [5.41, 5.74) is 2.58. The third-order valence-electron chi connectivity index (χ3n) is 2.31.